The van der Waals surface area contributed by atoms with Gasteiger partial charge in [0, 0.05) is 29.2 Å². The van der Waals surface area contributed by atoms with Crippen molar-refractivity contribution in [3.8, 4) is 16.8 Å². The number of benzene rings is 1. The molecular formula is C15H11N3O2. The SMILES string of the molecule is O=Cc1cc(-c2cn[nH]c2)cn(-c2ccccc2)c1=O. The third-order valence-corrected chi connectivity index (χ3v) is 3.04. The van der Waals surface area contributed by atoms with Gasteiger partial charge in [0.1, 0.15) is 0 Å². The summed E-state index contributed by atoms with van der Waals surface area (Å²) in [4.78, 5) is 23.3. The highest BCUT2D eigenvalue weighted by molar-refractivity contribution is 5.78. The maximum Gasteiger partial charge on any atom is 0.265 e. The van der Waals surface area contributed by atoms with Gasteiger partial charge in [-0.1, -0.05) is 18.2 Å². The molecule has 2 heterocycles. The molecule has 0 saturated heterocycles. The summed E-state index contributed by atoms with van der Waals surface area (Å²) in [6.45, 7) is 0. The van der Waals surface area contributed by atoms with Gasteiger partial charge in [0.05, 0.1) is 11.8 Å². The average Bonchev–Trinajstić information content (AvgIpc) is 3.03. The molecule has 0 spiro atoms. The summed E-state index contributed by atoms with van der Waals surface area (Å²) in [6, 6.07) is 10.7. The molecule has 5 nitrogen and oxygen atoms in total. The van der Waals surface area contributed by atoms with E-state index in [0.29, 0.717) is 12.0 Å². The number of pyridine rings is 1. The molecule has 1 aromatic carbocycles. The van der Waals surface area contributed by atoms with Crippen LogP contribution in [0.15, 0.2) is 59.8 Å². The van der Waals surface area contributed by atoms with E-state index >= 15 is 0 Å². The Balaban J connectivity index is 2.26. The Kier molecular flexibility index (Phi) is 3.01. The Morgan fingerprint density at radius 2 is 1.95 bits per heavy atom. The summed E-state index contributed by atoms with van der Waals surface area (Å²) in [5, 5.41) is 6.59. The van der Waals surface area contributed by atoms with Gasteiger partial charge in [0.15, 0.2) is 6.29 Å². The second kappa shape index (κ2) is 4.97. The van der Waals surface area contributed by atoms with Crippen LogP contribution in [0, 0.1) is 0 Å². The van der Waals surface area contributed by atoms with Gasteiger partial charge in [-0.25, -0.2) is 0 Å². The van der Waals surface area contributed by atoms with Crippen molar-refractivity contribution < 1.29 is 4.79 Å². The number of carbonyl (C=O) groups is 1. The Bertz CT molecular complexity index is 790. The van der Waals surface area contributed by atoms with Crippen LogP contribution in [0.25, 0.3) is 16.8 Å². The fourth-order valence-corrected chi connectivity index (χ4v) is 2.03. The first-order valence-corrected chi connectivity index (χ1v) is 6.06. The molecule has 98 valence electrons. The minimum atomic E-state index is -0.335. The van der Waals surface area contributed by atoms with Gasteiger partial charge < -0.3 is 0 Å². The van der Waals surface area contributed by atoms with Gasteiger partial charge in [0.2, 0.25) is 0 Å². The Hall–Kier alpha value is -2.95. The van der Waals surface area contributed by atoms with Crippen molar-refractivity contribution in [3.63, 3.8) is 0 Å². The highest BCUT2D eigenvalue weighted by atomic mass is 16.1. The van der Waals surface area contributed by atoms with Gasteiger partial charge in [0.25, 0.3) is 5.56 Å². The molecule has 0 aliphatic heterocycles. The monoisotopic (exact) mass is 265 g/mol. The van der Waals surface area contributed by atoms with Crippen LogP contribution in [0.3, 0.4) is 0 Å². The summed E-state index contributed by atoms with van der Waals surface area (Å²) in [5.74, 6) is 0. The van der Waals surface area contributed by atoms with Crippen molar-refractivity contribution in [2.24, 2.45) is 0 Å². The minimum absolute atomic E-state index is 0.118. The number of aldehydes is 1. The summed E-state index contributed by atoms with van der Waals surface area (Å²) < 4.78 is 1.46. The number of aromatic nitrogens is 3. The second-order valence-corrected chi connectivity index (χ2v) is 4.30. The van der Waals surface area contributed by atoms with Gasteiger partial charge >= 0.3 is 0 Å². The van der Waals surface area contributed by atoms with Crippen LogP contribution in [0.2, 0.25) is 0 Å². The van der Waals surface area contributed by atoms with E-state index in [9.17, 15) is 9.59 Å². The van der Waals surface area contributed by atoms with Crippen molar-refractivity contribution in [2.75, 3.05) is 0 Å². The van der Waals surface area contributed by atoms with Crippen LogP contribution in [-0.2, 0) is 0 Å². The van der Waals surface area contributed by atoms with Crippen LogP contribution in [0.1, 0.15) is 10.4 Å². The molecule has 0 radical (unpaired) electrons. The molecule has 0 saturated carbocycles. The maximum absolute atomic E-state index is 12.2. The predicted octanol–water partition coefficient (Wildman–Crippen LogP) is 2.04. The zero-order valence-corrected chi connectivity index (χ0v) is 10.5. The number of aromatic amines is 1. The molecule has 0 fully saturated rings. The van der Waals surface area contributed by atoms with Crippen LogP contribution < -0.4 is 5.56 Å². The van der Waals surface area contributed by atoms with Gasteiger partial charge in [-0.3, -0.25) is 19.3 Å². The summed E-state index contributed by atoms with van der Waals surface area (Å²) in [6.07, 6.45) is 5.63. The molecule has 1 N–H and O–H groups in total. The number of hydrogen-bond donors (Lipinski definition) is 1. The summed E-state index contributed by atoms with van der Waals surface area (Å²) >= 11 is 0. The zero-order chi connectivity index (χ0) is 13.9. The fraction of sp³-hybridized carbons (Fsp3) is 0. The molecule has 0 unspecified atom stereocenters. The molecule has 3 rings (SSSR count). The lowest BCUT2D eigenvalue weighted by atomic mass is 10.1. The van der Waals surface area contributed by atoms with E-state index in [2.05, 4.69) is 10.2 Å². The van der Waals surface area contributed by atoms with Crippen LogP contribution in [-0.4, -0.2) is 21.1 Å². The van der Waals surface area contributed by atoms with Crippen LogP contribution >= 0.6 is 0 Å². The van der Waals surface area contributed by atoms with E-state index < -0.39 is 0 Å². The van der Waals surface area contributed by atoms with Gasteiger partial charge in [-0.05, 0) is 18.2 Å². The molecule has 0 atom stereocenters. The van der Waals surface area contributed by atoms with Crippen molar-refractivity contribution in [3.05, 3.63) is 70.9 Å². The maximum atomic E-state index is 12.2. The van der Waals surface area contributed by atoms with Crippen molar-refractivity contribution in [1.29, 1.82) is 0 Å². The van der Waals surface area contributed by atoms with Gasteiger partial charge in [-0.15, -0.1) is 0 Å². The molecular weight excluding hydrogens is 254 g/mol. The normalized spacial score (nSPS) is 10.4. The first-order chi connectivity index (χ1) is 9.79. The predicted molar refractivity (Wildman–Crippen MR) is 75.0 cm³/mol. The third kappa shape index (κ3) is 2.05. The standard InChI is InChI=1S/C15H11N3O2/c19-10-12-6-11(13-7-16-17-8-13)9-18(15(12)20)14-4-2-1-3-5-14/h1-10H,(H,16,17). The van der Waals surface area contributed by atoms with Crippen LogP contribution in [0.5, 0.6) is 0 Å². The molecule has 2 aromatic heterocycles. The fourth-order valence-electron chi connectivity index (χ4n) is 2.03. The lowest BCUT2D eigenvalue weighted by Crippen LogP contribution is -2.21. The zero-order valence-electron chi connectivity index (χ0n) is 10.5. The molecule has 20 heavy (non-hydrogen) atoms. The number of nitrogens with one attached hydrogen (secondary N) is 1. The topological polar surface area (TPSA) is 67.8 Å². The quantitative estimate of drug-likeness (QED) is 0.737. The van der Waals surface area contributed by atoms with E-state index in [1.54, 1.807) is 24.7 Å². The summed E-state index contributed by atoms with van der Waals surface area (Å²) in [5.41, 5.74) is 2.07. The van der Waals surface area contributed by atoms with E-state index in [4.69, 9.17) is 0 Å². The second-order valence-electron chi connectivity index (χ2n) is 4.30. The summed E-state index contributed by atoms with van der Waals surface area (Å²) in [7, 11) is 0. The molecule has 0 aliphatic rings. The molecule has 0 bridgehead atoms. The van der Waals surface area contributed by atoms with E-state index in [0.717, 1.165) is 11.1 Å². The average molecular weight is 265 g/mol. The number of para-hydroxylation sites is 1. The third-order valence-electron chi connectivity index (χ3n) is 3.04. The van der Waals surface area contributed by atoms with Crippen molar-refractivity contribution >= 4 is 6.29 Å². The first-order valence-electron chi connectivity index (χ1n) is 6.06. The number of H-pyrrole nitrogens is 1. The number of nitrogens with zero attached hydrogens (tertiary/aromatic N) is 2. The molecule has 0 amide bonds. The smallest absolute Gasteiger partial charge is 0.265 e. The van der Waals surface area contributed by atoms with Crippen molar-refractivity contribution in [2.45, 2.75) is 0 Å². The molecule has 3 aromatic rings. The molecule has 0 aliphatic carbocycles. The van der Waals surface area contributed by atoms with E-state index in [1.807, 2.05) is 30.3 Å². The lowest BCUT2D eigenvalue weighted by Gasteiger charge is -2.08. The number of carbonyl (C=O) groups excluding carboxylic acids is 1. The minimum Gasteiger partial charge on any atom is -0.298 e. The van der Waals surface area contributed by atoms with Crippen LogP contribution in [0.4, 0.5) is 0 Å². The highest BCUT2D eigenvalue weighted by Gasteiger charge is 2.09. The van der Waals surface area contributed by atoms with E-state index in [-0.39, 0.29) is 11.1 Å². The number of rotatable bonds is 3. The van der Waals surface area contributed by atoms with Crippen molar-refractivity contribution in [1.82, 2.24) is 14.8 Å². The Labute approximate surface area is 114 Å². The lowest BCUT2D eigenvalue weighted by molar-refractivity contribution is 0.112. The number of hydrogen-bond acceptors (Lipinski definition) is 3. The Morgan fingerprint density at radius 1 is 1.15 bits per heavy atom. The molecule has 5 heteroatoms. The van der Waals surface area contributed by atoms with E-state index in [1.165, 1.54) is 4.57 Å². The largest absolute Gasteiger partial charge is 0.298 e. The first kappa shape index (κ1) is 12.1. The Morgan fingerprint density at radius 3 is 2.60 bits per heavy atom. The van der Waals surface area contributed by atoms with Gasteiger partial charge in [-0.2, -0.15) is 5.10 Å². The highest BCUT2D eigenvalue weighted by Crippen LogP contribution is 2.18.